The molecular weight excluding hydrogens is 264 g/mol. The third-order valence-corrected chi connectivity index (χ3v) is 3.73. The lowest BCUT2D eigenvalue weighted by Crippen LogP contribution is -2.29. The number of nitrogens with zero attached hydrogens (tertiary/aromatic N) is 1. The van der Waals surface area contributed by atoms with E-state index in [4.69, 9.17) is 21.1 Å². The Kier molecular flexibility index (Phi) is 4.21. The van der Waals surface area contributed by atoms with Gasteiger partial charge in [0.2, 0.25) is 0 Å². The maximum Gasteiger partial charge on any atom is 0.139 e. The first-order chi connectivity index (χ1) is 9.29. The van der Waals surface area contributed by atoms with Crippen LogP contribution in [0.4, 0.5) is 0 Å². The number of hydrogen-bond donors (Lipinski definition) is 1. The Morgan fingerprint density at radius 1 is 1.26 bits per heavy atom. The molecule has 1 saturated heterocycles. The Morgan fingerprint density at radius 2 is 2.11 bits per heavy atom. The Morgan fingerprint density at radius 3 is 2.89 bits per heavy atom. The fourth-order valence-electron chi connectivity index (χ4n) is 2.30. The lowest BCUT2D eigenvalue weighted by molar-refractivity contribution is 0.0183. The SMILES string of the molecule is Clc1cncc(OCC2CCC(CNC3CC3)O2)c1. The summed E-state index contributed by atoms with van der Waals surface area (Å²) in [6.07, 6.45) is 8.61. The summed E-state index contributed by atoms with van der Waals surface area (Å²) in [5, 5.41) is 4.10. The summed E-state index contributed by atoms with van der Waals surface area (Å²) in [5.41, 5.74) is 0. The average Bonchev–Trinajstić information content (AvgIpc) is 3.13. The van der Waals surface area contributed by atoms with Crippen LogP contribution in [0.2, 0.25) is 5.02 Å². The van der Waals surface area contributed by atoms with Gasteiger partial charge in [-0.25, -0.2) is 0 Å². The zero-order valence-corrected chi connectivity index (χ0v) is 11.6. The average molecular weight is 283 g/mol. The van der Waals surface area contributed by atoms with E-state index in [1.54, 1.807) is 18.5 Å². The van der Waals surface area contributed by atoms with Gasteiger partial charge in [-0.1, -0.05) is 11.6 Å². The first-order valence-electron chi connectivity index (χ1n) is 6.92. The number of halogens is 1. The van der Waals surface area contributed by atoms with Crippen molar-refractivity contribution in [2.75, 3.05) is 13.2 Å². The summed E-state index contributed by atoms with van der Waals surface area (Å²) in [7, 11) is 0. The van der Waals surface area contributed by atoms with Crippen LogP contribution in [-0.4, -0.2) is 36.4 Å². The van der Waals surface area contributed by atoms with Crippen molar-refractivity contribution in [1.82, 2.24) is 10.3 Å². The van der Waals surface area contributed by atoms with Crippen LogP contribution in [0, 0.1) is 0 Å². The molecule has 1 aliphatic carbocycles. The summed E-state index contributed by atoms with van der Waals surface area (Å²) in [4.78, 5) is 3.99. The Balaban J connectivity index is 1.38. The van der Waals surface area contributed by atoms with Gasteiger partial charge >= 0.3 is 0 Å². The molecule has 5 heteroatoms. The number of aromatic nitrogens is 1. The maximum absolute atomic E-state index is 5.95. The van der Waals surface area contributed by atoms with E-state index >= 15 is 0 Å². The molecule has 19 heavy (non-hydrogen) atoms. The number of hydrogen-bond acceptors (Lipinski definition) is 4. The van der Waals surface area contributed by atoms with E-state index < -0.39 is 0 Å². The van der Waals surface area contributed by atoms with Crippen LogP contribution in [0.1, 0.15) is 25.7 Å². The van der Waals surface area contributed by atoms with Crippen LogP contribution in [0.25, 0.3) is 0 Å². The van der Waals surface area contributed by atoms with Gasteiger partial charge in [-0.15, -0.1) is 0 Å². The van der Waals surface area contributed by atoms with Gasteiger partial charge in [-0.3, -0.25) is 4.98 Å². The molecule has 3 rings (SSSR count). The molecular formula is C14H19ClN2O2. The minimum absolute atomic E-state index is 0.185. The third-order valence-electron chi connectivity index (χ3n) is 3.52. The second-order valence-electron chi connectivity index (χ2n) is 5.29. The van der Waals surface area contributed by atoms with E-state index in [2.05, 4.69) is 10.3 Å². The van der Waals surface area contributed by atoms with E-state index in [9.17, 15) is 0 Å². The predicted molar refractivity (Wildman–Crippen MR) is 73.7 cm³/mol. The molecule has 2 fully saturated rings. The highest BCUT2D eigenvalue weighted by Gasteiger charge is 2.28. The summed E-state index contributed by atoms with van der Waals surface area (Å²) >= 11 is 5.86. The third kappa shape index (κ3) is 4.06. The molecule has 1 aromatic heterocycles. The molecule has 2 atom stereocenters. The highest BCUT2D eigenvalue weighted by atomic mass is 35.5. The predicted octanol–water partition coefficient (Wildman–Crippen LogP) is 2.41. The van der Waals surface area contributed by atoms with Crippen LogP contribution in [0.15, 0.2) is 18.5 Å². The zero-order valence-electron chi connectivity index (χ0n) is 10.8. The molecule has 4 nitrogen and oxygen atoms in total. The first-order valence-corrected chi connectivity index (χ1v) is 7.29. The molecule has 2 unspecified atom stereocenters. The molecule has 0 bridgehead atoms. The van der Waals surface area contributed by atoms with Crippen molar-refractivity contribution >= 4 is 11.6 Å². The molecule has 1 aromatic rings. The Bertz CT molecular complexity index is 426. The summed E-state index contributed by atoms with van der Waals surface area (Å²) in [6.45, 7) is 1.54. The van der Waals surface area contributed by atoms with Crippen molar-refractivity contribution in [2.24, 2.45) is 0 Å². The molecule has 104 valence electrons. The smallest absolute Gasteiger partial charge is 0.139 e. The summed E-state index contributed by atoms with van der Waals surface area (Å²) in [6, 6.07) is 2.52. The van der Waals surface area contributed by atoms with Gasteiger partial charge in [0, 0.05) is 24.8 Å². The van der Waals surface area contributed by atoms with Crippen molar-refractivity contribution in [1.29, 1.82) is 0 Å². The highest BCUT2D eigenvalue weighted by molar-refractivity contribution is 6.30. The Labute approximate surface area is 118 Å². The van der Waals surface area contributed by atoms with E-state index in [0.29, 0.717) is 23.5 Å². The fourth-order valence-corrected chi connectivity index (χ4v) is 2.46. The van der Waals surface area contributed by atoms with Crippen molar-refractivity contribution in [3.8, 4) is 5.75 Å². The van der Waals surface area contributed by atoms with Gasteiger partial charge in [0.15, 0.2) is 0 Å². The maximum atomic E-state index is 5.95. The molecule has 1 saturated carbocycles. The monoisotopic (exact) mass is 282 g/mol. The van der Waals surface area contributed by atoms with Gasteiger partial charge in [-0.2, -0.15) is 0 Å². The fraction of sp³-hybridized carbons (Fsp3) is 0.643. The number of pyridine rings is 1. The lowest BCUT2D eigenvalue weighted by atomic mass is 10.2. The highest BCUT2D eigenvalue weighted by Crippen LogP contribution is 2.23. The molecule has 0 radical (unpaired) electrons. The van der Waals surface area contributed by atoms with Crippen molar-refractivity contribution in [2.45, 2.75) is 43.9 Å². The molecule has 0 amide bonds. The zero-order chi connectivity index (χ0) is 13.1. The van der Waals surface area contributed by atoms with Gasteiger partial charge in [0.25, 0.3) is 0 Å². The van der Waals surface area contributed by atoms with E-state index in [-0.39, 0.29) is 6.10 Å². The van der Waals surface area contributed by atoms with E-state index in [0.717, 1.165) is 25.4 Å². The van der Waals surface area contributed by atoms with E-state index in [1.807, 2.05) is 0 Å². The molecule has 1 aliphatic heterocycles. The quantitative estimate of drug-likeness (QED) is 0.870. The summed E-state index contributed by atoms with van der Waals surface area (Å²) in [5.74, 6) is 0.704. The molecule has 2 aliphatic rings. The topological polar surface area (TPSA) is 43.4 Å². The Hall–Kier alpha value is -0.840. The van der Waals surface area contributed by atoms with Gasteiger partial charge in [0.1, 0.15) is 12.4 Å². The van der Waals surface area contributed by atoms with Crippen LogP contribution in [0.5, 0.6) is 5.75 Å². The second kappa shape index (κ2) is 6.07. The normalized spacial score (nSPS) is 26.6. The number of ether oxygens (including phenoxy) is 2. The lowest BCUT2D eigenvalue weighted by Gasteiger charge is -2.15. The van der Waals surface area contributed by atoms with Gasteiger partial charge in [-0.05, 0) is 25.7 Å². The largest absolute Gasteiger partial charge is 0.489 e. The minimum Gasteiger partial charge on any atom is -0.489 e. The van der Waals surface area contributed by atoms with Crippen LogP contribution in [-0.2, 0) is 4.74 Å². The van der Waals surface area contributed by atoms with Gasteiger partial charge in [0.05, 0.1) is 23.4 Å². The number of rotatable bonds is 6. The van der Waals surface area contributed by atoms with E-state index in [1.165, 1.54) is 12.8 Å². The van der Waals surface area contributed by atoms with Crippen LogP contribution in [0.3, 0.4) is 0 Å². The van der Waals surface area contributed by atoms with Crippen LogP contribution < -0.4 is 10.1 Å². The second-order valence-corrected chi connectivity index (χ2v) is 5.73. The minimum atomic E-state index is 0.185. The van der Waals surface area contributed by atoms with Crippen LogP contribution >= 0.6 is 11.6 Å². The van der Waals surface area contributed by atoms with Crippen molar-refractivity contribution in [3.63, 3.8) is 0 Å². The standard InChI is InChI=1S/C14H19ClN2O2/c15-10-5-14(7-16-6-10)18-9-13-4-3-12(19-13)8-17-11-1-2-11/h5-7,11-13,17H,1-4,8-9H2. The molecule has 1 N–H and O–H groups in total. The summed E-state index contributed by atoms with van der Waals surface area (Å²) < 4.78 is 11.6. The molecule has 0 spiro atoms. The van der Waals surface area contributed by atoms with Gasteiger partial charge < -0.3 is 14.8 Å². The molecule has 0 aromatic carbocycles. The van der Waals surface area contributed by atoms with Crippen molar-refractivity contribution in [3.05, 3.63) is 23.5 Å². The molecule has 2 heterocycles. The number of nitrogens with one attached hydrogen (secondary N) is 1. The first kappa shape index (κ1) is 13.2. The van der Waals surface area contributed by atoms with Crippen molar-refractivity contribution < 1.29 is 9.47 Å².